The van der Waals surface area contributed by atoms with E-state index in [1.165, 1.54) is 38.2 Å². The zero-order valence-corrected chi connectivity index (χ0v) is 11.8. The molecule has 0 spiro atoms. The van der Waals surface area contributed by atoms with E-state index in [0.717, 1.165) is 36.0 Å². The van der Waals surface area contributed by atoms with Crippen LogP contribution in [0.3, 0.4) is 0 Å². The molecule has 4 aliphatic carbocycles. The van der Waals surface area contributed by atoms with Gasteiger partial charge in [0.15, 0.2) is 0 Å². The van der Waals surface area contributed by atoms with Crippen LogP contribution >= 0.6 is 0 Å². The van der Waals surface area contributed by atoms with Gasteiger partial charge in [-0.15, -0.1) is 0 Å². The summed E-state index contributed by atoms with van der Waals surface area (Å²) in [6.45, 7) is 0. The quantitative estimate of drug-likeness (QED) is 0.887. The number of nitrogens with zero attached hydrogens (tertiary/aromatic N) is 1. The average molecular weight is 273 g/mol. The van der Waals surface area contributed by atoms with Crippen molar-refractivity contribution >= 4 is 0 Å². The highest BCUT2D eigenvalue weighted by atomic mass is 16.1. The third-order valence-corrected chi connectivity index (χ3v) is 5.99. The normalized spacial score (nSPS) is 40.0. The Morgan fingerprint density at radius 2 is 1.85 bits per heavy atom. The molecule has 1 aromatic heterocycles. The van der Waals surface area contributed by atoms with Gasteiger partial charge >= 0.3 is 0 Å². The van der Waals surface area contributed by atoms with E-state index in [0.29, 0.717) is 5.82 Å². The van der Waals surface area contributed by atoms with Gasteiger partial charge in [-0.05, 0) is 68.1 Å². The number of nitrogens with two attached hydrogens (primary N) is 1. The van der Waals surface area contributed by atoms with E-state index in [9.17, 15) is 4.79 Å². The van der Waals surface area contributed by atoms with Crippen molar-refractivity contribution in [2.75, 3.05) is 0 Å². The molecule has 4 nitrogen and oxygen atoms in total. The smallest absolute Gasteiger partial charge is 0.250 e. The maximum Gasteiger partial charge on any atom is 0.250 e. The maximum absolute atomic E-state index is 11.4. The predicted octanol–water partition coefficient (Wildman–Crippen LogP) is 2.23. The van der Waals surface area contributed by atoms with Gasteiger partial charge in [-0.1, -0.05) is 0 Å². The summed E-state index contributed by atoms with van der Waals surface area (Å²) < 4.78 is 0. The van der Waals surface area contributed by atoms with Crippen LogP contribution in [0.2, 0.25) is 0 Å². The molecule has 0 amide bonds. The van der Waals surface area contributed by atoms with Crippen molar-refractivity contribution in [1.82, 2.24) is 9.97 Å². The number of hydrogen-bond donors (Lipinski definition) is 2. The molecule has 4 bridgehead atoms. The maximum atomic E-state index is 11.4. The molecule has 0 saturated heterocycles. The van der Waals surface area contributed by atoms with E-state index in [1.54, 1.807) is 6.20 Å². The largest absolute Gasteiger partial charge is 0.321 e. The second-order valence-corrected chi connectivity index (χ2v) is 7.26. The Kier molecular flexibility index (Phi) is 2.95. The van der Waals surface area contributed by atoms with Crippen molar-refractivity contribution in [2.24, 2.45) is 35.3 Å². The van der Waals surface area contributed by atoms with Crippen LogP contribution in [0.1, 0.15) is 50.4 Å². The monoisotopic (exact) mass is 273 g/mol. The van der Waals surface area contributed by atoms with Crippen LogP contribution in [-0.2, 0) is 0 Å². The number of aromatic nitrogens is 2. The summed E-state index contributed by atoms with van der Waals surface area (Å²) in [4.78, 5) is 18.4. The van der Waals surface area contributed by atoms with Gasteiger partial charge in [0, 0.05) is 12.3 Å². The minimum absolute atomic E-state index is 0.101. The first-order valence-corrected chi connectivity index (χ1v) is 8.00. The minimum atomic E-state index is -0.119. The lowest BCUT2D eigenvalue weighted by Gasteiger charge is -2.55. The molecule has 0 aliphatic heterocycles. The predicted molar refractivity (Wildman–Crippen MR) is 76.9 cm³/mol. The summed E-state index contributed by atoms with van der Waals surface area (Å²) in [6, 6.07) is 1.32. The Morgan fingerprint density at radius 1 is 1.20 bits per heavy atom. The molecule has 1 heterocycles. The average Bonchev–Trinajstić information content (AvgIpc) is 2.42. The van der Waals surface area contributed by atoms with Crippen LogP contribution in [-0.4, -0.2) is 9.97 Å². The van der Waals surface area contributed by atoms with Crippen LogP contribution in [0.5, 0.6) is 0 Å². The van der Waals surface area contributed by atoms with Gasteiger partial charge in [0.05, 0.1) is 6.04 Å². The Balaban J connectivity index is 1.50. The van der Waals surface area contributed by atoms with E-state index in [-0.39, 0.29) is 11.6 Å². The van der Waals surface area contributed by atoms with Crippen LogP contribution < -0.4 is 11.3 Å². The first kappa shape index (κ1) is 12.6. The molecule has 4 fully saturated rings. The lowest BCUT2D eigenvalue weighted by molar-refractivity contribution is -0.0423. The lowest BCUT2D eigenvalue weighted by atomic mass is 9.51. The van der Waals surface area contributed by atoms with E-state index in [2.05, 4.69) is 9.97 Å². The molecular formula is C16H23N3O. The SMILES string of the molecule is NC(CC1C2CC3CC(C2)CC1C3)c1nccc(=O)[nH]1. The summed E-state index contributed by atoms with van der Waals surface area (Å²) in [5, 5.41) is 0. The molecule has 4 saturated carbocycles. The minimum Gasteiger partial charge on any atom is -0.321 e. The van der Waals surface area contributed by atoms with Gasteiger partial charge in [0.25, 0.3) is 5.56 Å². The number of rotatable bonds is 3. The molecule has 5 rings (SSSR count). The molecular weight excluding hydrogens is 250 g/mol. The number of hydrogen-bond acceptors (Lipinski definition) is 3. The molecule has 3 N–H and O–H groups in total. The summed E-state index contributed by atoms with van der Waals surface area (Å²) in [5.41, 5.74) is 6.21. The first-order valence-electron chi connectivity index (χ1n) is 8.00. The van der Waals surface area contributed by atoms with Crippen molar-refractivity contribution < 1.29 is 0 Å². The van der Waals surface area contributed by atoms with Crippen molar-refractivity contribution in [2.45, 2.75) is 44.6 Å². The third-order valence-electron chi connectivity index (χ3n) is 5.99. The second-order valence-electron chi connectivity index (χ2n) is 7.26. The molecule has 1 unspecified atom stereocenters. The van der Waals surface area contributed by atoms with E-state index in [1.807, 2.05) is 0 Å². The van der Waals surface area contributed by atoms with Gasteiger partial charge < -0.3 is 10.7 Å². The van der Waals surface area contributed by atoms with E-state index in [4.69, 9.17) is 5.73 Å². The molecule has 1 aromatic rings. The zero-order valence-electron chi connectivity index (χ0n) is 11.8. The molecule has 0 aromatic carbocycles. The first-order chi connectivity index (χ1) is 9.69. The van der Waals surface area contributed by atoms with Gasteiger partial charge in [0.1, 0.15) is 5.82 Å². The Hall–Kier alpha value is -1.16. The van der Waals surface area contributed by atoms with Crippen molar-refractivity contribution in [1.29, 1.82) is 0 Å². The Bertz CT molecular complexity index is 525. The van der Waals surface area contributed by atoms with Crippen molar-refractivity contribution in [3.8, 4) is 0 Å². The highest BCUT2D eigenvalue weighted by Gasteiger charge is 2.48. The fraction of sp³-hybridized carbons (Fsp3) is 0.750. The third kappa shape index (κ3) is 2.10. The van der Waals surface area contributed by atoms with Crippen LogP contribution in [0.4, 0.5) is 0 Å². The Morgan fingerprint density at radius 3 is 2.45 bits per heavy atom. The highest BCUT2D eigenvalue weighted by molar-refractivity contribution is 5.02. The van der Waals surface area contributed by atoms with Crippen LogP contribution in [0, 0.1) is 29.6 Å². The molecule has 4 aliphatic rings. The molecule has 1 atom stereocenters. The molecule has 108 valence electrons. The second kappa shape index (κ2) is 4.69. The molecule has 4 heteroatoms. The van der Waals surface area contributed by atoms with Crippen molar-refractivity contribution in [3.63, 3.8) is 0 Å². The van der Waals surface area contributed by atoms with E-state index < -0.39 is 0 Å². The topological polar surface area (TPSA) is 71.8 Å². The van der Waals surface area contributed by atoms with Gasteiger partial charge in [-0.2, -0.15) is 0 Å². The molecule has 0 radical (unpaired) electrons. The molecule has 20 heavy (non-hydrogen) atoms. The standard InChI is InChI=1S/C16H23N3O/c17-14(16-18-2-1-15(20)19-16)8-13-11-4-9-3-10(6-11)7-12(13)5-9/h1-2,9-14H,3-8,17H2,(H,18,19,20). The van der Waals surface area contributed by atoms with Gasteiger partial charge in [-0.3, -0.25) is 4.79 Å². The fourth-order valence-electron chi connectivity index (χ4n) is 5.40. The number of aromatic amines is 1. The summed E-state index contributed by atoms with van der Waals surface area (Å²) in [5.74, 6) is 5.18. The number of H-pyrrole nitrogens is 1. The fourth-order valence-corrected chi connectivity index (χ4v) is 5.40. The van der Waals surface area contributed by atoms with E-state index >= 15 is 0 Å². The van der Waals surface area contributed by atoms with Gasteiger partial charge in [0.2, 0.25) is 0 Å². The van der Waals surface area contributed by atoms with Gasteiger partial charge in [-0.25, -0.2) is 4.98 Å². The zero-order chi connectivity index (χ0) is 13.7. The highest BCUT2D eigenvalue weighted by Crippen LogP contribution is 2.57. The summed E-state index contributed by atoms with van der Waals surface area (Å²) >= 11 is 0. The summed E-state index contributed by atoms with van der Waals surface area (Å²) in [6.07, 6.45) is 9.71. The van der Waals surface area contributed by atoms with Crippen LogP contribution in [0.15, 0.2) is 17.1 Å². The number of nitrogens with one attached hydrogen (secondary N) is 1. The Labute approximate surface area is 119 Å². The van der Waals surface area contributed by atoms with Crippen LogP contribution in [0.25, 0.3) is 0 Å². The summed E-state index contributed by atoms with van der Waals surface area (Å²) in [7, 11) is 0. The lowest BCUT2D eigenvalue weighted by Crippen LogP contribution is -2.46. The van der Waals surface area contributed by atoms with Crippen molar-refractivity contribution in [3.05, 3.63) is 28.4 Å².